The molecule has 2 heterocycles. The standard InChI is InChI=1S/C16H14BrCl2NO4/c1-2-9-5-6-15(18)13(22)20(8-17)14(23)16(15,19)12(9)11-4-3-10(7-21)24-11/h2-5,12,21H,1,6-8H2/t12-,15-,16+/m1/s1. The summed E-state index contributed by atoms with van der Waals surface area (Å²) < 4.78 is 5.60. The predicted octanol–water partition coefficient (Wildman–Crippen LogP) is 3.05. The molecule has 1 N–H and O–H groups in total. The van der Waals surface area contributed by atoms with Crippen LogP contribution in [0.4, 0.5) is 0 Å². The summed E-state index contributed by atoms with van der Waals surface area (Å²) in [4.78, 5) is 23.3. The fraction of sp³-hybridized carbons (Fsp3) is 0.375. The van der Waals surface area contributed by atoms with Gasteiger partial charge in [0, 0.05) is 0 Å². The molecule has 8 heteroatoms. The molecule has 0 saturated carbocycles. The molecule has 0 radical (unpaired) electrons. The number of nitrogens with zero attached hydrogens (tertiary/aromatic N) is 1. The number of carbonyl (C=O) groups excluding carboxylic acids is 2. The number of aliphatic hydroxyl groups is 1. The average molecular weight is 435 g/mol. The molecule has 0 unspecified atom stereocenters. The SMILES string of the molecule is C=CC1=CC[C@@]2(Cl)C(=O)N(CBr)C(=O)[C@@]2(Cl)[C@H]1c1ccc(CO)o1. The number of likely N-dealkylation sites (tertiary alicyclic amines) is 1. The third-order valence-electron chi connectivity index (χ3n) is 4.55. The minimum absolute atomic E-state index is 0.00376. The van der Waals surface area contributed by atoms with Crippen LogP contribution in [0.2, 0.25) is 0 Å². The maximum absolute atomic E-state index is 12.9. The van der Waals surface area contributed by atoms with Crippen LogP contribution >= 0.6 is 39.1 Å². The summed E-state index contributed by atoms with van der Waals surface area (Å²) in [5.41, 5.74) is 0.654. The first-order valence-electron chi connectivity index (χ1n) is 7.17. The summed E-state index contributed by atoms with van der Waals surface area (Å²) >= 11 is 16.5. The molecule has 2 amide bonds. The quantitative estimate of drug-likeness (QED) is 0.449. The molecule has 0 spiro atoms. The van der Waals surface area contributed by atoms with Gasteiger partial charge < -0.3 is 9.52 Å². The number of alkyl halides is 3. The Morgan fingerprint density at radius 2 is 2.12 bits per heavy atom. The van der Waals surface area contributed by atoms with E-state index in [-0.39, 0.29) is 18.5 Å². The Labute approximate surface area is 157 Å². The molecular formula is C16H14BrCl2NO4. The molecule has 128 valence electrons. The van der Waals surface area contributed by atoms with E-state index in [9.17, 15) is 14.7 Å². The summed E-state index contributed by atoms with van der Waals surface area (Å²) in [5, 5.41) is 9.23. The van der Waals surface area contributed by atoms with Gasteiger partial charge in [0.1, 0.15) is 18.1 Å². The molecule has 1 saturated heterocycles. The Bertz CT molecular complexity index is 761. The highest BCUT2D eigenvalue weighted by Gasteiger charge is 2.73. The zero-order valence-corrected chi connectivity index (χ0v) is 15.6. The zero-order chi connectivity index (χ0) is 17.7. The van der Waals surface area contributed by atoms with E-state index in [1.807, 2.05) is 0 Å². The van der Waals surface area contributed by atoms with Crippen molar-refractivity contribution in [3.8, 4) is 0 Å². The number of imide groups is 1. The van der Waals surface area contributed by atoms with Crippen LogP contribution in [0.1, 0.15) is 23.9 Å². The summed E-state index contributed by atoms with van der Waals surface area (Å²) in [7, 11) is 0. The second-order valence-corrected chi connectivity index (χ2v) is 7.42. The highest BCUT2D eigenvalue weighted by molar-refractivity contribution is 9.09. The number of fused-ring (bicyclic) bond motifs is 1. The molecule has 1 aromatic rings. The molecule has 1 aliphatic heterocycles. The van der Waals surface area contributed by atoms with Crippen molar-refractivity contribution in [2.45, 2.75) is 28.7 Å². The second kappa shape index (κ2) is 6.02. The fourth-order valence-corrected chi connectivity index (χ4v) is 4.64. The largest absolute Gasteiger partial charge is 0.463 e. The molecular weight excluding hydrogens is 421 g/mol. The number of amides is 2. The van der Waals surface area contributed by atoms with Crippen LogP contribution in [0, 0.1) is 0 Å². The van der Waals surface area contributed by atoms with Crippen molar-refractivity contribution in [2.75, 3.05) is 5.45 Å². The van der Waals surface area contributed by atoms with E-state index in [1.54, 1.807) is 24.3 Å². The van der Waals surface area contributed by atoms with Crippen molar-refractivity contribution in [3.05, 3.63) is 48.0 Å². The van der Waals surface area contributed by atoms with Crippen molar-refractivity contribution in [1.29, 1.82) is 0 Å². The van der Waals surface area contributed by atoms with Crippen LogP contribution in [-0.4, -0.2) is 37.0 Å². The van der Waals surface area contributed by atoms with E-state index in [0.29, 0.717) is 17.1 Å². The van der Waals surface area contributed by atoms with Crippen molar-refractivity contribution in [1.82, 2.24) is 4.90 Å². The number of rotatable bonds is 4. The second-order valence-electron chi connectivity index (χ2n) is 5.68. The van der Waals surface area contributed by atoms with Crippen LogP contribution in [0.5, 0.6) is 0 Å². The highest BCUT2D eigenvalue weighted by Crippen LogP contribution is 2.59. The van der Waals surface area contributed by atoms with Gasteiger partial charge in [-0.25, -0.2) is 0 Å². The Morgan fingerprint density at radius 3 is 2.67 bits per heavy atom. The molecule has 2 aliphatic rings. The fourth-order valence-electron chi connectivity index (χ4n) is 3.33. The Hall–Kier alpha value is -1.08. The van der Waals surface area contributed by atoms with E-state index in [1.165, 1.54) is 0 Å². The van der Waals surface area contributed by atoms with Gasteiger partial charge in [0.05, 0.1) is 11.4 Å². The lowest BCUT2D eigenvalue weighted by Crippen LogP contribution is -2.54. The van der Waals surface area contributed by atoms with Crippen molar-refractivity contribution in [2.24, 2.45) is 0 Å². The van der Waals surface area contributed by atoms with E-state index in [0.717, 1.165) is 4.90 Å². The average Bonchev–Trinajstić information content (AvgIpc) is 3.10. The number of allylic oxidation sites excluding steroid dienone is 3. The van der Waals surface area contributed by atoms with Crippen molar-refractivity contribution in [3.63, 3.8) is 0 Å². The van der Waals surface area contributed by atoms with E-state index in [2.05, 4.69) is 22.5 Å². The first-order valence-corrected chi connectivity index (χ1v) is 9.05. The molecule has 24 heavy (non-hydrogen) atoms. The smallest absolute Gasteiger partial charge is 0.254 e. The maximum atomic E-state index is 12.9. The van der Waals surface area contributed by atoms with Crippen LogP contribution in [0.3, 0.4) is 0 Å². The first kappa shape index (κ1) is 17.7. The van der Waals surface area contributed by atoms with E-state index >= 15 is 0 Å². The molecule has 0 bridgehead atoms. The molecule has 1 aliphatic carbocycles. The maximum Gasteiger partial charge on any atom is 0.254 e. The number of carbonyl (C=O) groups is 2. The minimum Gasteiger partial charge on any atom is -0.463 e. The van der Waals surface area contributed by atoms with E-state index < -0.39 is 27.5 Å². The lowest BCUT2D eigenvalue weighted by Gasteiger charge is -2.41. The molecule has 5 nitrogen and oxygen atoms in total. The monoisotopic (exact) mass is 433 g/mol. The number of aliphatic hydroxyl groups excluding tert-OH is 1. The van der Waals surface area contributed by atoms with Gasteiger partial charge in [-0.1, -0.05) is 34.7 Å². The first-order chi connectivity index (χ1) is 11.3. The molecule has 0 aromatic carbocycles. The zero-order valence-electron chi connectivity index (χ0n) is 12.5. The Morgan fingerprint density at radius 1 is 1.42 bits per heavy atom. The van der Waals surface area contributed by atoms with Gasteiger partial charge >= 0.3 is 0 Å². The van der Waals surface area contributed by atoms with Crippen LogP contribution in [0.15, 0.2) is 40.9 Å². The third kappa shape index (κ3) is 2.10. The molecule has 1 fully saturated rings. The molecule has 1 aromatic heterocycles. The van der Waals surface area contributed by atoms with Gasteiger partial charge in [-0.05, 0) is 24.1 Å². The summed E-state index contributed by atoms with van der Waals surface area (Å²) in [5.74, 6) is -1.24. The van der Waals surface area contributed by atoms with Gasteiger partial charge in [-0.2, -0.15) is 0 Å². The van der Waals surface area contributed by atoms with Crippen molar-refractivity contribution < 1.29 is 19.1 Å². The van der Waals surface area contributed by atoms with Gasteiger partial charge in [0.25, 0.3) is 11.8 Å². The topological polar surface area (TPSA) is 70.8 Å². The number of furan rings is 1. The Balaban J connectivity index is 2.22. The van der Waals surface area contributed by atoms with Crippen LogP contribution in [-0.2, 0) is 16.2 Å². The van der Waals surface area contributed by atoms with Gasteiger partial charge in [0.15, 0.2) is 9.75 Å². The number of halogens is 3. The lowest BCUT2D eigenvalue weighted by atomic mass is 9.70. The minimum atomic E-state index is -1.73. The predicted molar refractivity (Wildman–Crippen MR) is 93.1 cm³/mol. The van der Waals surface area contributed by atoms with Crippen molar-refractivity contribution >= 4 is 50.9 Å². The van der Waals surface area contributed by atoms with Crippen LogP contribution in [0.25, 0.3) is 0 Å². The van der Waals surface area contributed by atoms with E-state index in [4.69, 9.17) is 27.6 Å². The third-order valence-corrected chi connectivity index (χ3v) is 6.46. The molecule has 3 atom stereocenters. The summed E-state index contributed by atoms with van der Waals surface area (Å²) in [6, 6.07) is 3.21. The number of hydrogen-bond acceptors (Lipinski definition) is 4. The van der Waals surface area contributed by atoms with Gasteiger partial charge in [-0.3, -0.25) is 14.5 Å². The van der Waals surface area contributed by atoms with Gasteiger partial charge in [0.2, 0.25) is 0 Å². The summed E-state index contributed by atoms with van der Waals surface area (Å²) in [6.45, 7) is 3.47. The normalized spacial score (nSPS) is 32.8. The van der Waals surface area contributed by atoms with Gasteiger partial charge in [-0.15, -0.1) is 23.2 Å². The number of hydrogen-bond donors (Lipinski definition) is 1. The molecule has 3 rings (SSSR count). The van der Waals surface area contributed by atoms with Crippen LogP contribution < -0.4 is 0 Å². The Kier molecular flexibility index (Phi) is 4.45. The lowest BCUT2D eigenvalue weighted by molar-refractivity contribution is -0.138. The summed E-state index contributed by atoms with van der Waals surface area (Å²) in [6.07, 6.45) is 3.42. The highest BCUT2D eigenvalue weighted by atomic mass is 79.9.